The summed E-state index contributed by atoms with van der Waals surface area (Å²) in [5, 5.41) is 18.3. The zero-order valence-electron chi connectivity index (χ0n) is 17.8. The summed E-state index contributed by atoms with van der Waals surface area (Å²) >= 11 is 6.01. The molecule has 3 rings (SSSR count). The van der Waals surface area contributed by atoms with Crippen LogP contribution in [0, 0.1) is 10.1 Å². The molecule has 3 N–H and O–H groups in total. The molecule has 4 amide bonds. The lowest BCUT2D eigenvalue weighted by molar-refractivity contribution is -0.384. The van der Waals surface area contributed by atoms with Crippen molar-refractivity contribution in [3.05, 3.63) is 87.4 Å². The molecule has 0 aliphatic heterocycles. The Morgan fingerprint density at radius 1 is 0.912 bits per heavy atom. The lowest BCUT2D eigenvalue weighted by Crippen LogP contribution is -2.34. The fourth-order valence-electron chi connectivity index (χ4n) is 2.91. The van der Waals surface area contributed by atoms with Gasteiger partial charge in [0.2, 0.25) is 0 Å². The SMILES string of the molecule is CCOC(=O)NC(=O)Nc1ccc(-c2ccc(NC(=O)c3cc([N+](=O)[O-])ccc3Cl)cc2)cc1. The van der Waals surface area contributed by atoms with E-state index in [1.807, 2.05) is 5.32 Å². The van der Waals surface area contributed by atoms with Crippen molar-refractivity contribution in [3.63, 3.8) is 0 Å². The summed E-state index contributed by atoms with van der Waals surface area (Å²) in [7, 11) is 0. The Labute approximate surface area is 199 Å². The third kappa shape index (κ3) is 6.30. The maximum atomic E-state index is 12.5. The van der Waals surface area contributed by atoms with Crippen LogP contribution in [-0.4, -0.2) is 29.6 Å². The van der Waals surface area contributed by atoms with Crippen LogP contribution in [0.25, 0.3) is 11.1 Å². The van der Waals surface area contributed by atoms with Crippen LogP contribution in [0.5, 0.6) is 0 Å². The van der Waals surface area contributed by atoms with E-state index in [-0.39, 0.29) is 22.9 Å². The fourth-order valence-corrected chi connectivity index (χ4v) is 3.12. The van der Waals surface area contributed by atoms with Crippen molar-refractivity contribution >= 4 is 46.7 Å². The van der Waals surface area contributed by atoms with Crippen LogP contribution in [0.4, 0.5) is 26.7 Å². The zero-order valence-corrected chi connectivity index (χ0v) is 18.6. The van der Waals surface area contributed by atoms with Crippen LogP contribution in [-0.2, 0) is 4.74 Å². The number of urea groups is 1. The Balaban J connectivity index is 1.64. The number of ether oxygens (including phenoxy) is 1. The first kappa shape index (κ1) is 24.2. The number of nitro benzene ring substituents is 1. The number of carbonyl (C=O) groups excluding carboxylic acids is 3. The van der Waals surface area contributed by atoms with Gasteiger partial charge in [-0.1, -0.05) is 35.9 Å². The Morgan fingerprint density at radius 3 is 2.00 bits per heavy atom. The van der Waals surface area contributed by atoms with Crippen molar-refractivity contribution in [3.8, 4) is 11.1 Å². The van der Waals surface area contributed by atoms with Crippen molar-refractivity contribution in [2.75, 3.05) is 17.2 Å². The number of non-ortho nitro benzene ring substituents is 1. The van der Waals surface area contributed by atoms with Gasteiger partial charge in [-0.25, -0.2) is 14.9 Å². The second-order valence-electron chi connectivity index (χ2n) is 6.83. The van der Waals surface area contributed by atoms with E-state index in [0.29, 0.717) is 11.4 Å². The smallest absolute Gasteiger partial charge is 0.415 e. The summed E-state index contributed by atoms with van der Waals surface area (Å²) in [5.41, 5.74) is 2.40. The average Bonchev–Trinajstić information content (AvgIpc) is 2.80. The molecular weight excluding hydrogens is 464 g/mol. The number of nitro groups is 1. The van der Waals surface area contributed by atoms with Gasteiger partial charge in [0.05, 0.1) is 22.1 Å². The summed E-state index contributed by atoms with van der Waals surface area (Å²) in [6.45, 7) is 1.78. The number of alkyl carbamates (subject to hydrolysis) is 1. The number of anilines is 2. The summed E-state index contributed by atoms with van der Waals surface area (Å²) in [6, 6.07) is 16.7. The number of halogens is 1. The maximum absolute atomic E-state index is 12.5. The molecule has 3 aromatic carbocycles. The van der Waals surface area contributed by atoms with E-state index < -0.39 is 23.0 Å². The molecule has 11 heteroatoms. The molecule has 10 nitrogen and oxygen atoms in total. The van der Waals surface area contributed by atoms with E-state index in [2.05, 4.69) is 15.4 Å². The van der Waals surface area contributed by atoms with Gasteiger partial charge in [0.25, 0.3) is 11.6 Å². The molecule has 0 aromatic heterocycles. The van der Waals surface area contributed by atoms with Gasteiger partial charge in [0.15, 0.2) is 0 Å². The number of amides is 4. The lowest BCUT2D eigenvalue weighted by atomic mass is 10.0. The van der Waals surface area contributed by atoms with Gasteiger partial charge in [-0.2, -0.15) is 0 Å². The molecule has 0 unspecified atom stereocenters. The molecule has 0 bridgehead atoms. The molecule has 174 valence electrons. The minimum absolute atomic E-state index is 0.00461. The highest BCUT2D eigenvalue weighted by atomic mass is 35.5. The van der Waals surface area contributed by atoms with Gasteiger partial charge in [-0.15, -0.1) is 0 Å². The number of hydrogen-bond donors (Lipinski definition) is 3. The maximum Gasteiger partial charge on any atom is 0.415 e. The van der Waals surface area contributed by atoms with Gasteiger partial charge in [0.1, 0.15) is 0 Å². The fraction of sp³-hybridized carbons (Fsp3) is 0.0870. The normalized spacial score (nSPS) is 10.2. The topological polar surface area (TPSA) is 140 Å². The molecule has 0 aliphatic rings. The van der Waals surface area contributed by atoms with Gasteiger partial charge in [-0.05, 0) is 48.4 Å². The van der Waals surface area contributed by atoms with E-state index in [1.165, 1.54) is 12.1 Å². The Bertz CT molecular complexity index is 1230. The number of imide groups is 1. The number of carbonyl (C=O) groups is 3. The van der Waals surface area contributed by atoms with Crippen molar-refractivity contribution in [2.24, 2.45) is 0 Å². The number of hydrogen-bond acceptors (Lipinski definition) is 6. The summed E-state index contributed by atoms with van der Waals surface area (Å²) in [4.78, 5) is 45.9. The van der Waals surface area contributed by atoms with Crippen molar-refractivity contribution in [1.29, 1.82) is 0 Å². The minimum Gasteiger partial charge on any atom is -0.450 e. The van der Waals surface area contributed by atoms with Crippen LogP contribution in [0.3, 0.4) is 0 Å². The minimum atomic E-state index is -0.837. The second-order valence-corrected chi connectivity index (χ2v) is 7.24. The first-order valence-electron chi connectivity index (χ1n) is 9.97. The monoisotopic (exact) mass is 482 g/mol. The summed E-state index contributed by atoms with van der Waals surface area (Å²) in [6.07, 6.45) is -0.837. The third-order valence-corrected chi connectivity index (χ3v) is 4.84. The molecule has 0 aliphatic carbocycles. The van der Waals surface area contributed by atoms with Crippen LogP contribution >= 0.6 is 11.6 Å². The largest absolute Gasteiger partial charge is 0.450 e. The van der Waals surface area contributed by atoms with Crippen LogP contribution in [0.1, 0.15) is 17.3 Å². The van der Waals surface area contributed by atoms with Gasteiger partial charge < -0.3 is 15.4 Å². The number of nitrogens with one attached hydrogen (secondary N) is 3. The highest BCUT2D eigenvalue weighted by Gasteiger charge is 2.16. The lowest BCUT2D eigenvalue weighted by Gasteiger charge is -2.09. The molecule has 0 saturated heterocycles. The Kier molecular flexibility index (Phi) is 7.78. The van der Waals surface area contributed by atoms with Crippen molar-refractivity contribution in [1.82, 2.24) is 5.32 Å². The zero-order chi connectivity index (χ0) is 24.7. The molecule has 0 radical (unpaired) electrons. The van der Waals surface area contributed by atoms with E-state index in [4.69, 9.17) is 11.6 Å². The second kappa shape index (κ2) is 10.9. The Hall–Kier alpha value is -4.44. The molecule has 0 saturated carbocycles. The Morgan fingerprint density at radius 2 is 1.47 bits per heavy atom. The highest BCUT2D eigenvalue weighted by Crippen LogP contribution is 2.25. The summed E-state index contributed by atoms with van der Waals surface area (Å²) < 4.78 is 4.64. The first-order chi connectivity index (χ1) is 16.3. The predicted molar refractivity (Wildman–Crippen MR) is 127 cm³/mol. The third-order valence-electron chi connectivity index (χ3n) is 4.52. The van der Waals surface area contributed by atoms with E-state index in [9.17, 15) is 24.5 Å². The predicted octanol–water partition coefficient (Wildman–Crippen LogP) is 5.45. The van der Waals surface area contributed by atoms with Crippen LogP contribution in [0.15, 0.2) is 66.7 Å². The van der Waals surface area contributed by atoms with E-state index in [1.54, 1.807) is 55.5 Å². The van der Waals surface area contributed by atoms with Crippen molar-refractivity contribution < 1.29 is 24.0 Å². The molecule has 34 heavy (non-hydrogen) atoms. The molecule has 0 heterocycles. The number of benzene rings is 3. The number of rotatable bonds is 6. The van der Waals surface area contributed by atoms with E-state index >= 15 is 0 Å². The highest BCUT2D eigenvalue weighted by molar-refractivity contribution is 6.34. The van der Waals surface area contributed by atoms with Gasteiger partial charge in [-0.3, -0.25) is 14.9 Å². The first-order valence-corrected chi connectivity index (χ1v) is 10.3. The van der Waals surface area contributed by atoms with E-state index in [0.717, 1.165) is 17.2 Å². The molecule has 3 aromatic rings. The number of nitrogens with zero attached hydrogens (tertiary/aromatic N) is 1. The van der Waals surface area contributed by atoms with Gasteiger partial charge >= 0.3 is 12.1 Å². The van der Waals surface area contributed by atoms with Crippen LogP contribution in [0.2, 0.25) is 5.02 Å². The molecular formula is C23H19ClN4O6. The summed E-state index contributed by atoms with van der Waals surface area (Å²) in [5.74, 6) is -0.571. The van der Waals surface area contributed by atoms with Gasteiger partial charge in [0, 0.05) is 23.5 Å². The molecule has 0 atom stereocenters. The standard InChI is InChI=1S/C23H19ClN4O6/c1-2-34-23(31)27-22(30)26-17-9-5-15(6-10-17)14-3-7-16(8-4-14)25-21(29)19-13-18(28(32)33)11-12-20(19)24/h3-13H,2H2,1H3,(H,25,29)(H2,26,27,30,31). The van der Waals surface area contributed by atoms with Crippen LogP contribution < -0.4 is 16.0 Å². The quantitative estimate of drug-likeness (QED) is 0.315. The molecule has 0 spiro atoms. The van der Waals surface area contributed by atoms with Crippen molar-refractivity contribution in [2.45, 2.75) is 6.92 Å². The average molecular weight is 483 g/mol. The molecule has 0 fully saturated rings.